The van der Waals surface area contributed by atoms with Crippen molar-refractivity contribution in [2.75, 3.05) is 19.0 Å². The van der Waals surface area contributed by atoms with Crippen LogP contribution in [-0.4, -0.2) is 19.2 Å². The first-order chi connectivity index (χ1) is 6.98. The second-order valence-electron chi connectivity index (χ2n) is 4.06. The molecule has 0 radical (unpaired) electrons. The number of rotatable bonds is 4. The largest absolute Gasteiger partial charge is 0.495 e. The van der Waals surface area contributed by atoms with Gasteiger partial charge in [0.25, 0.3) is 0 Å². The lowest BCUT2D eigenvalue weighted by Crippen LogP contribution is -2.39. The molecule has 4 heteroatoms. The molecule has 0 bridgehead atoms. The second kappa shape index (κ2) is 4.86. The van der Waals surface area contributed by atoms with Gasteiger partial charge in [-0.25, -0.2) is 0 Å². The Bertz CT molecular complexity index is 339. The molecular formula is C11H17BrN2O. The summed E-state index contributed by atoms with van der Waals surface area (Å²) >= 11 is 3.43. The third-order valence-corrected chi connectivity index (χ3v) is 2.64. The van der Waals surface area contributed by atoms with Gasteiger partial charge in [-0.2, -0.15) is 0 Å². The van der Waals surface area contributed by atoms with Crippen LogP contribution < -0.4 is 15.8 Å². The Morgan fingerprint density at radius 3 is 2.67 bits per heavy atom. The number of nitrogens with one attached hydrogen (secondary N) is 1. The van der Waals surface area contributed by atoms with E-state index >= 15 is 0 Å². The molecule has 1 aromatic rings. The SMILES string of the molecule is COc1ccc(Br)cc1NC(C)(C)CN. The highest BCUT2D eigenvalue weighted by molar-refractivity contribution is 9.10. The number of hydrogen-bond donors (Lipinski definition) is 2. The van der Waals surface area contributed by atoms with Crippen molar-refractivity contribution >= 4 is 21.6 Å². The zero-order valence-corrected chi connectivity index (χ0v) is 10.9. The minimum Gasteiger partial charge on any atom is -0.495 e. The molecule has 3 N–H and O–H groups in total. The fraction of sp³-hybridized carbons (Fsp3) is 0.455. The maximum absolute atomic E-state index is 5.67. The highest BCUT2D eigenvalue weighted by Gasteiger charge is 2.16. The van der Waals surface area contributed by atoms with Gasteiger partial charge in [-0.15, -0.1) is 0 Å². The molecule has 0 aliphatic carbocycles. The lowest BCUT2D eigenvalue weighted by atomic mass is 10.1. The highest BCUT2D eigenvalue weighted by Crippen LogP contribution is 2.29. The van der Waals surface area contributed by atoms with Gasteiger partial charge in [-0.1, -0.05) is 15.9 Å². The van der Waals surface area contributed by atoms with E-state index < -0.39 is 0 Å². The molecule has 15 heavy (non-hydrogen) atoms. The van der Waals surface area contributed by atoms with Gasteiger partial charge >= 0.3 is 0 Å². The molecule has 0 atom stereocenters. The van der Waals surface area contributed by atoms with Gasteiger partial charge in [0.05, 0.1) is 12.8 Å². The van der Waals surface area contributed by atoms with Crippen molar-refractivity contribution in [3.63, 3.8) is 0 Å². The van der Waals surface area contributed by atoms with Crippen LogP contribution in [0.4, 0.5) is 5.69 Å². The topological polar surface area (TPSA) is 47.3 Å². The summed E-state index contributed by atoms with van der Waals surface area (Å²) < 4.78 is 6.28. The summed E-state index contributed by atoms with van der Waals surface area (Å²) in [7, 11) is 1.66. The van der Waals surface area contributed by atoms with E-state index in [-0.39, 0.29) is 5.54 Å². The predicted molar refractivity (Wildman–Crippen MR) is 67.5 cm³/mol. The fourth-order valence-electron chi connectivity index (χ4n) is 1.19. The summed E-state index contributed by atoms with van der Waals surface area (Å²) in [6.07, 6.45) is 0. The predicted octanol–water partition coefficient (Wildman–Crippen LogP) is 2.61. The van der Waals surface area contributed by atoms with Crippen LogP contribution in [0.5, 0.6) is 5.75 Å². The Morgan fingerprint density at radius 2 is 2.13 bits per heavy atom. The maximum Gasteiger partial charge on any atom is 0.142 e. The molecular weight excluding hydrogens is 256 g/mol. The van der Waals surface area contributed by atoms with Crippen LogP contribution in [0.2, 0.25) is 0 Å². The van der Waals surface area contributed by atoms with Crippen LogP contribution >= 0.6 is 15.9 Å². The van der Waals surface area contributed by atoms with Gasteiger partial charge in [0, 0.05) is 16.6 Å². The van der Waals surface area contributed by atoms with Crippen LogP contribution in [0.15, 0.2) is 22.7 Å². The quantitative estimate of drug-likeness (QED) is 0.886. The average molecular weight is 273 g/mol. The van der Waals surface area contributed by atoms with Gasteiger partial charge in [-0.05, 0) is 32.0 Å². The lowest BCUT2D eigenvalue weighted by Gasteiger charge is -2.26. The number of ether oxygens (including phenoxy) is 1. The van der Waals surface area contributed by atoms with E-state index in [1.165, 1.54) is 0 Å². The number of halogens is 1. The van der Waals surface area contributed by atoms with Gasteiger partial charge in [0.1, 0.15) is 5.75 Å². The lowest BCUT2D eigenvalue weighted by molar-refractivity contribution is 0.414. The van der Waals surface area contributed by atoms with E-state index in [1.807, 2.05) is 32.0 Å². The summed E-state index contributed by atoms with van der Waals surface area (Å²) in [6.45, 7) is 4.66. The van der Waals surface area contributed by atoms with Crippen molar-refractivity contribution in [1.82, 2.24) is 0 Å². The van der Waals surface area contributed by atoms with Crippen molar-refractivity contribution in [3.05, 3.63) is 22.7 Å². The molecule has 0 aliphatic heterocycles. The summed E-state index contributed by atoms with van der Waals surface area (Å²) in [5, 5.41) is 3.35. The van der Waals surface area contributed by atoms with Gasteiger partial charge in [-0.3, -0.25) is 0 Å². The number of anilines is 1. The van der Waals surface area contributed by atoms with E-state index in [1.54, 1.807) is 7.11 Å². The van der Waals surface area contributed by atoms with E-state index in [0.29, 0.717) is 6.54 Å². The summed E-state index contributed by atoms with van der Waals surface area (Å²) in [5.41, 5.74) is 6.47. The Balaban J connectivity index is 2.97. The van der Waals surface area contributed by atoms with Gasteiger partial charge < -0.3 is 15.8 Å². The number of hydrogen-bond acceptors (Lipinski definition) is 3. The zero-order valence-electron chi connectivity index (χ0n) is 9.30. The van der Waals surface area contributed by atoms with Crippen molar-refractivity contribution in [2.45, 2.75) is 19.4 Å². The van der Waals surface area contributed by atoms with E-state index in [4.69, 9.17) is 10.5 Å². The molecule has 0 saturated heterocycles. The van der Waals surface area contributed by atoms with E-state index in [9.17, 15) is 0 Å². The molecule has 1 aromatic carbocycles. The molecule has 0 spiro atoms. The first kappa shape index (κ1) is 12.3. The first-order valence-electron chi connectivity index (χ1n) is 4.80. The molecule has 84 valence electrons. The van der Waals surface area contributed by atoms with Crippen LogP contribution in [0.3, 0.4) is 0 Å². The van der Waals surface area contributed by atoms with E-state index in [2.05, 4.69) is 21.2 Å². The Hall–Kier alpha value is -0.740. The van der Waals surface area contributed by atoms with Crippen molar-refractivity contribution < 1.29 is 4.74 Å². The standard InChI is InChI=1S/C11H17BrN2O/c1-11(2,7-13)14-9-6-8(12)4-5-10(9)15-3/h4-6,14H,7,13H2,1-3H3. The number of methoxy groups -OCH3 is 1. The molecule has 3 nitrogen and oxygen atoms in total. The molecule has 0 aromatic heterocycles. The third-order valence-electron chi connectivity index (χ3n) is 2.14. The van der Waals surface area contributed by atoms with Crippen LogP contribution in [0, 0.1) is 0 Å². The zero-order chi connectivity index (χ0) is 11.5. The minimum atomic E-state index is -0.145. The number of benzene rings is 1. The third kappa shape index (κ3) is 3.39. The molecule has 1 rings (SSSR count). The maximum atomic E-state index is 5.67. The van der Waals surface area contributed by atoms with Gasteiger partial charge in [0.2, 0.25) is 0 Å². The van der Waals surface area contributed by atoms with Gasteiger partial charge in [0.15, 0.2) is 0 Å². The smallest absolute Gasteiger partial charge is 0.142 e. The summed E-state index contributed by atoms with van der Waals surface area (Å²) in [5.74, 6) is 0.819. The summed E-state index contributed by atoms with van der Waals surface area (Å²) in [6, 6.07) is 5.84. The normalized spacial score (nSPS) is 11.3. The average Bonchev–Trinajstić information content (AvgIpc) is 2.18. The Kier molecular flexibility index (Phi) is 3.99. The Labute approximate surface area is 99.1 Å². The van der Waals surface area contributed by atoms with Crippen molar-refractivity contribution in [2.24, 2.45) is 5.73 Å². The van der Waals surface area contributed by atoms with Crippen LogP contribution in [0.25, 0.3) is 0 Å². The fourth-order valence-corrected chi connectivity index (χ4v) is 1.55. The van der Waals surface area contributed by atoms with Crippen molar-refractivity contribution in [1.29, 1.82) is 0 Å². The molecule has 0 fully saturated rings. The molecule has 0 amide bonds. The minimum absolute atomic E-state index is 0.145. The summed E-state index contributed by atoms with van der Waals surface area (Å²) in [4.78, 5) is 0. The number of nitrogens with two attached hydrogens (primary N) is 1. The molecule has 0 heterocycles. The van der Waals surface area contributed by atoms with Crippen LogP contribution in [-0.2, 0) is 0 Å². The monoisotopic (exact) mass is 272 g/mol. The molecule has 0 saturated carbocycles. The first-order valence-corrected chi connectivity index (χ1v) is 5.59. The highest BCUT2D eigenvalue weighted by atomic mass is 79.9. The Morgan fingerprint density at radius 1 is 1.47 bits per heavy atom. The molecule has 0 aliphatic rings. The van der Waals surface area contributed by atoms with Crippen molar-refractivity contribution in [3.8, 4) is 5.75 Å². The molecule has 0 unspecified atom stereocenters. The van der Waals surface area contributed by atoms with Crippen LogP contribution in [0.1, 0.15) is 13.8 Å². The van der Waals surface area contributed by atoms with E-state index in [0.717, 1.165) is 15.9 Å². The second-order valence-corrected chi connectivity index (χ2v) is 4.97.